The Morgan fingerprint density at radius 1 is 1.42 bits per heavy atom. The molecule has 1 aliphatic rings. The second-order valence-electron chi connectivity index (χ2n) is 4.49. The molecular weight excluding hydrogens is 266 g/mol. The van der Waals surface area contributed by atoms with Gasteiger partial charge >= 0.3 is 0 Å². The lowest BCUT2D eigenvalue weighted by Gasteiger charge is -2.22. The number of methoxy groups -OCH3 is 1. The number of hydrogen-bond donors (Lipinski definition) is 1. The van der Waals surface area contributed by atoms with E-state index in [-0.39, 0.29) is 6.61 Å². The number of hydrogen-bond acceptors (Lipinski definition) is 4. The van der Waals surface area contributed by atoms with Crippen molar-refractivity contribution in [3.63, 3.8) is 0 Å². The van der Waals surface area contributed by atoms with Crippen LogP contribution in [0.15, 0.2) is 24.4 Å². The highest BCUT2D eigenvalue weighted by atomic mass is 32.2. The smallest absolute Gasteiger partial charge is 0.280 e. The van der Waals surface area contributed by atoms with Crippen LogP contribution < -0.4 is 4.72 Å². The molecule has 0 saturated carbocycles. The number of pyridine rings is 1. The summed E-state index contributed by atoms with van der Waals surface area (Å²) in [6.07, 6.45) is 3.47. The molecule has 7 heteroatoms. The maximum atomic E-state index is 12.2. The van der Waals surface area contributed by atoms with Crippen molar-refractivity contribution in [3.05, 3.63) is 30.1 Å². The average molecular weight is 285 g/mol. The van der Waals surface area contributed by atoms with Crippen LogP contribution in [-0.2, 0) is 14.9 Å². The van der Waals surface area contributed by atoms with E-state index in [1.165, 1.54) is 4.31 Å². The van der Waals surface area contributed by atoms with Crippen LogP contribution in [0.3, 0.4) is 0 Å². The third-order valence-electron chi connectivity index (χ3n) is 3.07. The zero-order chi connectivity index (χ0) is 13.7. The Labute approximate surface area is 114 Å². The van der Waals surface area contributed by atoms with Gasteiger partial charge in [-0.3, -0.25) is 4.98 Å². The van der Waals surface area contributed by atoms with E-state index in [4.69, 9.17) is 4.74 Å². The summed E-state index contributed by atoms with van der Waals surface area (Å²) in [5.74, 6) is 0. The molecule has 0 radical (unpaired) electrons. The Balaban J connectivity index is 2.12. The van der Waals surface area contributed by atoms with Gasteiger partial charge in [-0.1, -0.05) is 6.07 Å². The van der Waals surface area contributed by atoms with Crippen LogP contribution in [0.5, 0.6) is 0 Å². The minimum absolute atomic E-state index is 0.254. The van der Waals surface area contributed by atoms with Gasteiger partial charge in [0.2, 0.25) is 0 Å². The topological polar surface area (TPSA) is 71.5 Å². The molecule has 0 unspecified atom stereocenters. The fourth-order valence-electron chi connectivity index (χ4n) is 2.11. The molecule has 106 valence electrons. The minimum Gasteiger partial charge on any atom is -0.383 e. The van der Waals surface area contributed by atoms with Crippen LogP contribution in [-0.4, -0.2) is 44.5 Å². The summed E-state index contributed by atoms with van der Waals surface area (Å²) >= 11 is 0. The van der Waals surface area contributed by atoms with Gasteiger partial charge in [-0.2, -0.15) is 17.4 Å². The Bertz CT molecular complexity index is 486. The monoisotopic (exact) mass is 285 g/mol. The molecular formula is C12H19N3O3S. The second-order valence-corrected chi connectivity index (χ2v) is 6.19. The molecule has 0 aromatic carbocycles. The van der Waals surface area contributed by atoms with Crippen molar-refractivity contribution >= 4 is 10.2 Å². The molecule has 19 heavy (non-hydrogen) atoms. The first-order chi connectivity index (χ1) is 9.13. The molecule has 1 N–H and O–H groups in total. The molecule has 1 aromatic rings. The van der Waals surface area contributed by atoms with Crippen LogP contribution in [0.4, 0.5) is 0 Å². The van der Waals surface area contributed by atoms with Crippen molar-refractivity contribution in [1.29, 1.82) is 0 Å². The molecule has 0 amide bonds. The van der Waals surface area contributed by atoms with Gasteiger partial charge < -0.3 is 4.74 Å². The summed E-state index contributed by atoms with van der Waals surface area (Å²) in [6.45, 7) is 1.42. The SMILES string of the molecule is COC[C@H](NS(=O)(=O)N1CCCC1)c1ccccn1. The summed E-state index contributed by atoms with van der Waals surface area (Å²) < 4.78 is 33.7. The number of ether oxygens (including phenoxy) is 1. The Kier molecular flexibility index (Phi) is 4.87. The van der Waals surface area contributed by atoms with E-state index < -0.39 is 16.3 Å². The maximum Gasteiger partial charge on any atom is 0.280 e. The third kappa shape index (κ3) is 3.73. The Morgan fingerprint density at radius 2 is 2.16 bits per heavy atom. The van der Waals surface area contributed by atoms with E-state index in [1.54, 1.807) is 25.4 Å². The number of rotatable bonds is 6. The van der Waals surface area contributed by atoms with Crippen LogP contribution in [0.1, 0.15) is 24.6 Å². The van der Waals surface area contributed by atoms with Gasteiger partial charge in [0.1, 0.15) is 0 Å². The first-order valence-electron chi connectivity index (χ1n) is 6.31. The van der Waals surface area contributed by atoms with Crippen molar-refractivity contribution in [2.75, 3.05) is 26.8 Å². The quantitative estimate of drug-likeness (QED) is 0.835. The normalized spacial score (nSPS) is 18.6. The molecule has 0 spiro atoms. The molecule has 1 atom stereocenters. The van der Waals surface area contributed by atoms with Crippen molar-refractivity contribution in [2.24, 2.45) is 0 Å². The van der Waals surface area contributed by atoms with Gasteiger partial charge in [0, 0.05) is 26.4 Å². The predicted molar refractivity (Wildman–Crippen MR) is 71.7 cm³/mol. The van der Waals surface area contributed by atoms with E-state index in [9.17, 15) is 8.42 Å². The molecule has 1 aromatic heterocycles. The Morgan fingerprint density at radius 3 is 2.74 bits per heavy atom. The lowest BCUT2D eigenvalue weighted by atomic mass is 10.2. The fourth-order valence-corrected chi connectivity index (χ4v) is 3.55. The molecule has 2 rings (SSSR count). The molecule has 0 bridgehead atoms. The van der Waals surface area contributed by atoms with E-state index in [0.717, 1.165) is 12.8 Å². The van der Waals surface area contributed by atoms with Crippen molar-refractivity contribution < 1.29 is 13.2 Å². The van der Waals surface area contributed by atoms with E-state index in [1.807, 2.05) is 6.07 Å². The summed E-state index contributed by atoms with van der Waals surface area (Å²) in [7, 11) is -1.92. The Hall–Kier alpha value is -1.02. The number of nitrogens with zero attached hydrogens (tertiary/aromatic N) is 2. The first kappa shape index (κ1) is 14.4. The van der Waals surface area contributed by atoms with Crippen molar-refractivity contribution in [3.8, 4) is 0 Å². The average Bonchev–Trinajstić information content (AvgIpc) is 2.94. The minimum atomic E-state index is -3.47. The van der Waals surface area contributed by atoms with Gasteiger partial charge in [0.25, 0.3) is 10.2 Å². The summed E-state index contributed by atoms with van der Waals surface area (Å²) in [5.41, 5.74) is 0.659. The summed E-state index contributed by atoms with van der Waals surface area (Å²) in [5, 5.41) is 0. The van der Waals surface area contributed by atoms with Gasteiger partial charge in [0.15, 0.2) is 0 Å². The molecule has 1 saturated heterocycles. The summed E-state index contributed by atoms with van der Waals surface area (Å²) in [6, 6.07) is 4.95. The van der Waals surface area contributed by atoms with Crippen molar-refractivity contribution in [2.45, 2.75) is 18.9 Å². The van der Waals surface area contributed by atoms with Crippen LogP contribution in [0.2, 0.25) is 0 Å². The largest absolute Gasteiger partial charge is 0.383 e. The second kappa shape index (κ2) is 6.42. The van der Waals surface area contributed by atoms with E-state index in [0.29, 0.717) is 18.8 Å². The highest BCUT2D eigenvalue weighted by Crippen LogP contribution is 2.16. The van der Waals surface area contributed by atoms with E-state index in [2.05, 4.69) is 9.71 Å². The number of nitrogens with one attached hydrogen (secondary N) is 1. The van der Waals surface area contributed by atoms with Gasteiger partial charge in [-0.25, -0.2) is 0 Å². The third-order valence-corrected chi connectivity index (χ3v) is 4.70. The standard InChI is InChI=1S/C12H19N3O3S/c1-18-10-12(11-6-2-3-7-13-11)14-19(16,17)15-8-4-5-9-15/h2-3,6-7,12,14H,4-5,8-10H2,1H3/t12-/m0/s1. The first-order valence-corrected chi connectivity index (χ1v) is 7.75. The molecule has 6 nitrogen and oxygen atoms in total. The lowest BCUT2D eigenvalue weighted by Crippen LogP contribution is -2.42. The zero-order valence-electron chi connectivity index (χ0n) is 10.9. The maximum absolute atomic E-state index is 12.2. The predicted octanol–water partition coefficient (Wildman–Crippen LogP) is 0.699. The number of aromatic nitrogens is 1. The highest BCUT2D eigenvalue weighted by Gasteiger charge is 2.28. The van der Waals surface area contributed by atoms with Gasteiger partial charge in [-0.05, 0) is 25.0 Å². The van der Waals surface area contributed by atoms with Gasteiger partial charge in [-0.15, -0.1) is 0 Å². The van der Waals surface area contributed by atoms with Crippen molar-refractivity contribution in [1.82, 2.24) is 14.0 Å². The molecule has 1 aliphatic heterocycles. The summed E-state index contributed by atoms with van der Waals surface area (Å²) in [4.78, 5) is 4.18. The highest BCUT2D eigenvalue weighted by molar-refractivity contribution is 7.87. The molecule has 1 fully saturated rings. The zero-order valence-corrected chi connectivity index (χ0v) is 11.8. The molecule has 2 heterocycles. The lowest BCUT2D eigenvalue weighted by molar-refractivity contribution is 0.173. The van der Waals surface area contributed by atoms with Crippen LogP contribution >= 0.6 is 0 Å². The van der Waals surface area contributed by atoms with Gasteiger partial charge in [0.05, 0.1) is 18.3 Å². The van der Waals surface area contributed by atoms with Crippen LogP contribution in [0, 0.1) is 0 Å². The van der Waals surface area contributed by atoms with E-state index >= 15 is 0 Å². The molecule has 0 aliphatic carbocycles. The van der Waals surface area contributed by atoms with Crippen LogP contribution in [0.25, 0.3) is 0 Å². The fraction of sp³-hybridized carbons (Fsp3) is 0.583.